The van der Waals surface area contributed by atoms with Gasteiger partial charge in [-0.25, -0.2) is 0 Å². The first-order valence-corrected chi connectivity index (χ1v) is 13.8. The average Bonchev–Trinajstić information content (AvgIpc) is 2.79. The Labute approximate surface area is 187 Å². The monoisotopic (exact) mass is 439 g/mol. The highest BCUT2D eigenvalue weighted by Gasteiger charge is 2.39. The minimum atomic E-state index is -0.685. The van der Waals surface area contributed by atoms with E-state index in [1.165, 1.54) is 58.3 Å². The van der Waals surface area contributed by atoms with E-state index in [2.05, 4.69) is 34.4 Å². The summed E-state index contributed by atoms with van der Waals surface area (Å²) in [5.41, 5.74) is 0.216. The third kappa shape index (κ3) is 6.42. The molecule has 3 fully saturated rings. The summed E-state index contributed by atoms with van der Waals surface area (Å²) in [7, 11) is 1.56. The van der Waals surface area contributed by atoms with Crippen LogP contribution in [0, 0.1) is 0 Å². The molecule has 3 atom stereocenters. The van der Waals surface area contributed by atoms with E-state index in [0.717, 1.165) is 50.5 Å². The van der Waals surface area contributed by atoms with Crippen molar-refractivity contribution in [2.45, 2.75) is 88.5 Å². The Morgan fingerprint density at radius 1 is 1.07 bits per heavy atom. The van der Waals surface area contributed by atoms with E-state index in [1.54, 1.807) is 0 Å². The normalized spacial score (nSPS) is 30.0. The van der Waals surface area contributed by atoms with E-state index in [-0.39, 0.29) is 5.54 Å². The zero-order valence-corrected chi connectivity index (χ0v) is 20.4. The molecule has 2 N–H and O–H groups in total. The minimum Gasteiger partial charge on any atom is -0.357 e. The molecule has 174 valence electrons. The van der Waals surface area contributed by atoms with Crippen LogP contribution in [0.15, 0.2) is 4.99 Å². The molecule has 1 saturated carbocycles. The van der Waals surface area contributed by atoms with Crippen LogP contribution in [0.1, 0.15) is 71.6 Å². The molecule has 3 rings (SSSR count). The maximum atomic E-state index is 12.3. The van der Waals surface area contributed by atoms with Crippen LogP contribution in [0.25, 0.3) is 0 Å². The number of likely N-dealkylation sites (tertiary alicyclic amines) is 2. The van der Waals surface area contributed by atoms with Gasteiger partial charge >= 0.3 is 0 Å². The molecule has 1 aliphatic carbocycles. The van der Waals surface area contributed by atoms with Gasteiger partial charge in [-0.05, 0) is 85.1 Å². The standard InChI is InChI=1S/C23H45N5OS/c1-4-24-22(26-20-10-9-11-21(18-20)30(29)5-2)25-19-23(12-16-27(3)17-13-23)28-14-7-6-8-15-28/h20-21H,4-19H2,1-3H3,(H2,24,25,26). The van der Waals surface area contributed by atoms with E-state index in [4.69, 9.17) is 4.99 Å². The first-order valence-electron chi connectivity index (χ1n) is 12.4. The molecule has 0 aromatic carbocycles. The fourth-order valence-corrected chi connectivity index (χ4v) is 6.82. The van der Waals surface area contributed by atoms with Gasteiger partial charge in [0.1, 0.15) is 0 Å². The van der Waals surface area contributed by atoms with Gasteiger partial charge in [0.15, 0.2) is 5.96 Å². The maximum absolute atomic E-state index is 12.3. The van der Waals surface area contributed by atoms with Crippen LogP contribution in [0.3, 0.4) is 0 Å². The first-order chi connectivity index (χ1) is 14.6. The number of aliphatic imine (C=N–C) groups is 1. The lowest BCUT2D eigenvalue weighted by Crippen LogP contribution is -2.58. The average molecular weight is 440 g/mol. The van der Waals surface area contributed by atoms with Gasteiger partial charge in [-0.15, -0.1) is 0 Å². The van der Waals surface area contributed by atoms with Crippen LogP contribution >= 0.6 is 0 Å². The molecule has 0 aromatic rings. The molecule has 3 unspecified atom stereocenters. The zero-order chi connectivity index (χ0) is 21.4. The van der Waals surface area contributed by atoms with Gasteiger partial charge in [-0.3, -0.25) is 14.1 Å². The Morgan fingerprint density at radius 2 is 1.80 bits per heavy atom. The molecule has 0 radical (unpaired) electrons. The molecule has 0 aromatic heterocycles. The first kappa shape index (κ1) is 24.0. The number of nitrogens with one attached hydrogen (secondary N) is 2. The van der Waals surface area contributed by atoms with Gasteiger partial charge < -0.3 is 15.5 Å². The highest BCUT2D eigenvalue weighted by Crippen LogP contribution is 2.32. The largest absolute Gasteiger partial charge is 0.357 e. The fraction of sp³-hybridized carbons (Fsp3) is 0.957. The van der Waals surface area contributed by atoms with Gasteiger partial charge in [0.2, 0.25) is 0 Å². The molecule has 2 heterocycles. The Morgan fingerprint density at radius 3 is 2.47 bits per heavy atom. The number of nitrogens with zero attached hydrogens (tertiary/aromatic N) is 3. The Bertz CT molecular complexity index is 570. The second-order valence-corrected chi connectivity index (χ2v) is 11.6. The summed E-state index contributed by atoms with van der Waals surface area (Å²) in [5, 5.41) is 7.55. The van der Waals surface area contributed by atoms with E-state index >= 15 is 0 Å². The van der Waals surface area contributed by atoms with Crippen molar-refractivity contribution in [3.8, 4) is 0 Å². The molecular formula is C23H45N5OS. The number of piperidine rings is 2. The molecule has 3 aliphatic rings. The predicted octanol–water partition coefficient (Wildman–Crippen LogP) is 2.57. The van der Waals surface area contributed by atoms with Crippen molar-refractivity contribution in [1.29, 1.82) is 0 Å². The molecule has 7 heteroatoms. The van der Waals surface area contributed by atoms with E-state index < -0.39 is 10.8 Å². The molecule has 2 aliphatic heterocycles. The highest BCUT2D eigenvalue weighted by atomic mass is 32.2. The van der Waals surface area contributed by atoms with E-state index in [1.807, 2.05) is 6.92 Å². The fourth-order valence-electron chi connectivity index (χ4n) is 5.47. The van der Waals surface area contributed by atoms with Gasteiger partial charge in [0.05, 0.1) is 6.54 Å². The predicted molar refractivity (Wildman–Crippen MR) is 129 cm³/mol. The van der Waals surface area contributed by atoms with Crippen molar-refractivity contribution in [1.82, 2.24) is 20.4 Å². The molecule has 0 amide bonds. The maximum Gasteiger partial charge on any atom is 0.191 e. The topological polar surface area (TPSA) is 60.0 Å². The van der Waals surface area contributed by atoms with Crippen molar-refractivity contribution < 1.29 is 4.21 Å². The van der Waals surface area contributed by atoms with Crippen molar-refractivity contribution in [3.63, 3.8) is 0 Å². The molecule has 6 nitrogen and oxygen atoms in total. The van der Waals surface area contributed by atoms with Crippen LogP contribution < -0.4 is 10.6 Å². The molecule has 0 bridgehead atoms. The quantitative estimate of drug-likeness (QED) is 0.472. The summed E-state index contributed by atoms with van der Waals surface area (Å²) >= 11 is 0. The second kappa shape index (κ2) is 11.8. The summed E-state index contributed by atoms with van der Waals surface area (Å²) in [5.74, 6) is 1.74. The summed E-state index contributed by atoms with van der Waals surface area (Å²) < 4.78 is 12.3. The van der Waals surface area contributed by atoms with Gasteiger partial charge in [-0.1, -0.05) is 19.8 Å². The summed E-state index contributed by atoms with van der Waals surface area (Å²) in [6, 6.07) is 0.389. The number of guanidine groups is 1. The number of hydrogen-bond donors (Lipinski definition) is 2. The Hall–Kier alpha value is -0.660. The van der Waals surface area contributed by atoms with E-state index in [0.29, 0.717) is 11.3 Å². The SMILES string of the molecule is CCNC(=NCC1(N2CCCCC2)CCN(C)CC1)NC1CCCC(S(=O)CC)C1. The smallest absolute Gasteiger partial charge is 0.191 e. The molecule has 2 saturated heterocycles. The summed E-state index contributed by atoms with van der Waals surface area (Å²) in [4.78, 5) is 10.4. The van der Waals surface area contributed by atoms with Gasteiger partial charge in [0, 0.05) is 39.9 Å². The molecule has 30 heavy (non-hydrogen) atoms. The highest BCUT2D eigenvalue weighted by molar-refractivity contribution is 7.85. The van der Waals surface area contributed by atoms with Crippen LogP contribution in [0.2, 0.25) is 0 Å². The second-order valence-electron chi connectivity index (χ2n) is 9.57. The summed E-state index contributed by atoms with van der Waals surface area (Å²) in [6.45, 7) is 10.7. The Kier molecular flexibility index (Phi) is 9.45. The van der Waals surface area contributed by atoms with Gasteiger partial charge in [0.25, 0.3) is 0 Å². The van der Waals surface area contributed by atoms with Crippen molar-refractivity contribution in [3.05, 3.63) is 0 Å². The Balaban J connectivity index is 1.67. The van der Waals surface area contributed by atoms with Crippen LogP contribution in [-0.4, -0.2) is 88.9 Å². The zero-order valence-electron chi connectivity index (χ0n) is 19.6. The molecular weight excluding hydrogens is 394 g/mol. The third-order valence-electron chi connectivity index (χ3n) is 7.44. The van der Waals surface area contributed by atoms with Gasteiger partial charge in [-0.2, -0.15) is 0 Å². The number of hydrogen-bond acceptors (Lipinski definition) is 4. The number of rotatable bonds is 7. The lowest BCUT2D eigenvalue weighted by atomic mass is 9.84. The lowest BCUT2D eigenvalue weighted by Gasteiger charge is -2.49. The van der Waals surface area contributed by atoms with Crippen LogP contribution in [0.4, 0.5) is 0 Å². The minimum absolute atomic E-state index is 0.216. The van der Waals surface area contributed by atoms with Crippen molar-refractivity contribution >= 4 is 16.8 Å². The summed E-state index contributed by atoms with van der Waals surface area (Å²) in [6.07, 6.45) is 10.9. The van der Waals surface area contributed by atoms with Crippen molar-refractivity contribution in [2.24, 2.45) is 4.99 Å². The van der Waals surface area contributed by atoms with Crippen molar-refractivity contribution in [2.75, 3.05) is 52.1 Å². The lowest BCUT2D eigenvalue weighted by molar-refractivity contribution is 0.0208. The van der Waals surface area contributed by atoms with Crippen LogP contribution in [-0.2, 0) is 10.8 Å². The van der Waals surface area contributed by atoms with E-state index in [9.17, 15) is 4.21 Å². The van der Waals surface area contributed by atoms with Crippen LogP contribution in [0.5, 0.6) is 0 Å². The third-order valence-corrected chi connectivity index (χ3v) is 9.18. The molecule has 0 spiro atoms.